The van der Waals surface area contributed by atoms with Gasteiger partial charge in [0.05, 0.1) is 11.3 Å². The number of carboxylic acids is 1. The molecule has 1 aromatic heterocycles. The first kappa shape index (κ1) is 18.0. The number of hydrogen-bond donors (Lipinski definition) is 5. The number of nitrogens with one attached hydrogen (secondary N) is 2. The third kappa shape index (κ3) is 3.07. The highest BCUT2D eigenvalue weighted by atomic mass is 79.9. The van der Waals surface area contributed by atoms with Crippen LogP contribution < -0.4 is 22.1 Å². The Morgan fingerprint density at radius 3 is 2.70 bits per heavy atom. The molecule has 0 bridgehead atoms. The summed E-state index contributed by atoms with van der Waals surface area (Å²) < 4.78 is 0.347. The minimum atomic E-state index is -1.09. The van der Waals surface area contributed by atoms with E-state index in [-0.39, 0.29) is 34.4 Å². The average molecular weight is 427 g/mol. The summed E-state index contributed by atoms with van der Waals surface area (Å²) in [7, 11) is 0. The Morgan fingerprint density at radius 2 is 2.11 bits per heavy atom. The monoisotopic (exact) mass is 426 g/mol. The smallest absolute Gasteiger partial charge is 0.336 e. The second kappa shape index (κ2) is 6.82. The summed E-state index contributed by atoms with van der Waals surface area (Å²) in [5.74, 6) is -0.777. The number of carboxylic acid groups (broad SMARTS) is 1. The fourth-order valence-corrected chi connectivity index (χ4v) is 3.26. The molecule has 134 valence electrons. The first-order valence-electron chi connectivity index (χ1n) is 7.39. The second-order valence-electron chi connectivity index (χ2n) is 5.45. The van der Waals surface area contributed by atoms with Crippen molar-refractivity contribution in [3.8, 4) is 12.3 Å². The first-order valence-corrected chi connectivity index (χ1v) is 8.18. The first-order chi connectivity index (χ1) is 12.9. The van der Waals surface area contributed by atoms with Crippen LogP contribution in [0.4, 0.5) is 17.3 Å². The number of rotatable bonds is 2. The number of carbonyl (C=O) groups is 1. The van der Waals surface area contributed by atoms with Crippen molar-refractivity contribution in [1.29, 1.82) is 10.5 Å². The SMILES string of the molecule is N#CNC1=NC(c2ccc(C(=O)O)c(Br)c2)c2c(nc(N)c(C#N)c2N)N1. The van der Waals surface area contributed by atoms with Crippen LogP contribution in [0.3, 0.4) is 0 Å². The Morgan fingerprint density at radius 1 is 1.37 bits per heavy atom. The highest BCUT2D eigenvalue weighted by molar-refractivity contribution is 9.10. The average Bonchev–Trinajstić information content (AvgIpc) is 2.61. The number of guanidine groups is 1. The Bertz CT molecular complexity index is 1080. The van der Waals surface area contributed by atoms with E-state index in [0.717, 1.165) is 0 Å². The quantitative estimate of drug-likeness (QED) is 0.350. The molecule has 0 fully saturated rings. The fourth-order valence-electron chi connectivity index (χ4n) is 2.70. The minimum absolute atomic E-state index is 0.0219. The molecule has 11 heteroatoms. The molecule has 0 aliphatic carbocycles. The maximum Gasteiger partial charge on any atom is 0.336 e. The van der Waals surface area contributed by atoms with Gasteiger partial charge in [-0.1, -0.05) is 6.07 Å². The fraction of sp³-hybridized carbons (Fsp3) is 0.0625. The number of aromatic carboxylic acids is 1. The van der Waals surface area contributed by atoms with Gasteiger partial charge in [-0.15, -0.1) is 0 Å². The van der Waals surface area contributed by atoms with E-state index in [1.54, 1.807) is 18.3 Å². The van der Waals surface area contributed by atoms with Gasteiger partial charge in [-0.25, -0.2) is 14.8 Å². The van der Waals surface area contributed by atoms with E-state index in [9.17, 15) is 15.2 Å². The predicted molar refractivity (Wildman–Crippen MR) is 101 cm³/mol. The molecule has 1 aliphatic rings. The molecule has 0 saturated carbocycles. The lowest BCUT2D eigenvalue weighted by Crippen LogP contribution is -2.32. The number of hydrogen-bond acceptors (Lipinski definition) is 9. The maximum atomic E-state index is 11.2. The summed E-state index contributed by atoms with van der Waals surface area (Å²) in [6.45, 7) is 0. The summed E-state index contributed by atoms with van der Waals surface area (Å²) in [4.78, 5) is 19.8. The molecule has 2 heterocycles. The lowest BCUT2D eigenvalue weighted by Gasteiger charge is -2.26. The van der Waals surface area contributed by atoms with Gasteiger partial charge >= 0.3 is 5.97 Å². The number of benzene rings is 1. The molecule has 1 unspecified atom stereocenters. The molecular formula is C16H11BrN8O2. The predicted octanol–water partition coefficient (Wildman–Crippen LogP) is 1.52. The second-order valence-corrected chi connectivity index (χ2v) is 6.30. The van der Waals surface area contributed by atoms with Crippen LogP contribution in [0.15, 0.2) is 27.7 Å². The molecule has 0 amide bonds. The van der Waals surface area contributed by atoms with Crippen molar-refractivity contribution in [3.05, 3.63) is 44.9 Å². The number of nitriles is 2. The number of pyridine rings is 1. The van der Waals surface area contributed by atoms with Crippen molar-refractivity contribution < 1.29 is 9.90 Å². The Hall–Kier alpha value is -3.83. The highest BCUT2D eigenvalue weighted by Crippen LogP contribution is 2.41. The molecule has 2 aromatic rings. The summed E-state index contributed by atoms with van der Waals surface area (Å²) in [5, 5.41) is 32.6. The Balaban J connectivity index is 2.23. The van der Waals surface area contributed by atoms with Gasteiger partial charge in [0, 0.05) is 10.0 Å². The van der Waals surface area contributed by atoms with Crippen LogP contribution in [0, 0.1) is 22.8 Å². The number of aromatic nitrogens is 1. The number of fused-ring (bicyclic) bond motifs is 1. The zero-order valence-corrected chi connectivity index (χ0v) is 15.1. The van der Waals surface area contributed by atoms with Gasteiger partial charge in [0.25, 0.3) is 0 Å². The molecular weight excluding hydrogens is 416 g/mol. The van der Waals surface area contributed by atoms with Gasteiger partial charge < -0.3 is 21.9 Å². The third-order valence-corrected chi connectivity index (χ3v) is 4.55. The minimum Gasteiger partial charge on any atom is -0.478 e. The summed E-state index contributed by atoms with van der Waals surface area (Å²) in [6, 6.07) is 5.75. The van der Waals surface area contributed by atoms with Crippen molar-refractivity contribution in [1.82, 2.24) is 10.3 Å². The van der Waals surface area contributed by atoms with E-state index >= 15 is 0 Å². The lowest BCUT2D eigenvalue weighted by molar-refractivity contribution is 0.0696. The number of anilines is 3. The van der Waals surface area contributed by atoms with Crippen molar-refractivity contribution in [2.24, 2.45) is 4.99 Å². The molecule has 3 rings (SSSR count). The molecule has 0 radical (unpaired) electrons. The third-order valence-electron chi connectivity index (χ3n) is 3.90. The summed E-state index contributed by atoms with van der Waals surface area (Å²) in [6.07, 6.45) is 1.75. The van der Waals surface area contributed by atoms with Crippen LogP contribution in [-0.4, -0.2) is 22.0 Å². The number of nitrogens with two attached hydrogens (primary N) is 2. The normalized spacial score (nSPS) is 14.8. The van der Waals surface area contributed by atoms with E-state index in [0.29, 0.717) is 15.6 Å². The van der Waals surface area contributed by atoms with Crippen LogP contribution in [0.1, 0.15) is 33.1 Å². The number of nitrogens with zero attached hydrogens (tertiary/aromatic N) is 4. The largest absolute Gasteiger partial charge is 0.478 e. The number of aliphatic imine (C=N–C) groups is 1. The van der Waals surface area contributed by atoms with E-state index in [1.165, 1.54) is 6.07 Å². The Labute approximate surface area is 161 Å². The van der Waals surface area contributed by atoms with Gasteiger partial charge in [-0.3, -0.25) is 5.32 Å². The van der Waals surface area contributed by atoms with Crippen molar-refractivity contribution >= 4 is 45.2 Å². The molecule has 0 spiro atoms. The van der Waals surface area contributed by atoms with Crippen LogP contribution in [-0.2, 0) is 0 Å². The molecule has 10 nitrogen and oxygen atoms in total. The van der Waals surface area contributed by atoms with E-state index < -0.39 is 12.0 Å². The molecule has 27 heavy (non-hydrogen) atoms. The molecule has 1 atom stereocenters. The number of halogens is 1. The summed E-state index contributed by atoms with van der Waals surface area (Å²) >= 11 is 3.23. The van der Waals surface area contributed by atoms with E-state index in [2.05, 4.69) is 36.5 Å². The van der Waals surface area contributed by atoms with Gasteiger partial charge in [-0.05, 0) is 33.6 Å². The van der Waals surface area contributed by atoms with Crippen molar-refractivity contribution in [2.45, 2.75) is 6.04 Å². The van der Waals surface area contributed by atoms with E-state index in [1.807, 2.05) is 6.07 Å². The molecule has 0 saturated heterocycles. The Kier molecular flexibility index (Phi) is 4.54. The van der Waals surface area contributed by atoms with Crippen molar-refractivity contribution in [3.63, 3.8) is 0 Å². The van der Waals surface area contributed by atoms with E-state index in [4.69, 9.17) is 16.7 Å². The van der Waals surface area contributed by atoms with Gasteiger partial charge in [0.15, 0.2) is 6.19 Å². The van der Waals surface area contributed by atoms with Gasteiger partial charge in [0.1, 0.15) is 29.3 Å². The number of nitrogen functional groups attached to an aromatic ring is 2. The topological polar surface area (TPSA) is 186 Å². The van der Waals surface area contributed by atoms with Crippen molar-refractivity contribution in [2.75, 3.05) is 16.8 Å². The highest BCUT2D eigenvalue weighted by Gasteiger charge is 2.30. The lowest BCUT2D eigenvalue weighted by atomic mass is 9.94. The molecule has 7 N–H and O–H groups in total. The zero-order valence-electron chi connectivity index (χ0n) is 13.5. The van der Waals surface area contributed by atoms with Crippen LogP contribution >= 0.6 is 15.9 Å². The van der Waals surface area contributed by atoms with Crippen LogP contribution in [0.25, 0.3) is 0 Å². The van der Waals surface area contributed by atoms with Crippen LogP contribution in [0.2, 0.25) is 0 Å². The van der Waals surface area contributed by atoms with Crippen LogP contribution in [0.5, 0.6) is 0 Å². The molecule has 1 aromatic carbocycles. The molecule has 1 aliphatic heterocycles. The zero-order chi connectivity index (χ0) is 19.7. The standard InChI is InChI=1S/C16H11BrN8O2/c17-9-3-6(1-2-7(9)15(26)27)12-10-11(20)8(4-18)13(21)24-14(10)25-16(23-12)22-5-19/h1-3,12H,(H,26,27)(H6,20,21,22,23,24,25). The maximum absolute atomic E-state index is 11.2. The van der Waals surface area contributed by atoms with Gasteiger partial charge in [-0.2, -0.15) is 10.5 Å². The van der Waals surface area contributed by atoms with Gasteiger partial charge in [0.2, 0.25) is 5.96 Å². The summed E-state index contributed by atoms with van der Waals surface area (Å²) in [5.41, 5.74) is 13.1.